The lowest BCUT2D eigenvalue weighted by atomic mass is 9.81. The monoisotopic (exact) mass is 1080 g/mol. The van der Waals surface area contributed by atoms with Crippen molar-refractivity contribution in [2.75, 3.05) is 52.4 Å². The lowest BCUT2D eigenvalue weighted by Crippen LogP contribution is -2.50. The molecule has 2 bridgehead atoms. The zero-order valence-electron chi connectivity index (χ0n) is 44.9. The highest BCUT2D eigenvalue weighted by Crippen LogP contribution is 2.40. The van der Waals surface area contributed by atoms with E-state index >= 15 is 8.78 Å². The Balaban J connectivity index is 0.775. The maximum Gasteiger partial charge on any atom is 0.254 e. The number of nitrogens with one attached hydrogen (secondary N) is 2. The first-order valence-corrected chi connectivity index (χ1v) is 27.1. The van der Waals surface area contributed by atoms with E-state index in [1.807, 2.05) is 20.8 Å². The van der Waals surface area contributed by atoms with Crippen LogP contribution in [-0.2, 0) is 9.59 Å². The Morgan fingerprint density at radius 1 is 0.975 bits per heavy atom. The molecule has 18 heteroatoms. The summed E-state index contributed by atoms with van der Waals surface area (Å²) >= 11 is 0. The number of halogens is 4. The summed E-state index contributed by atoms with van der Waals surface area (Å²) in [7, 11) is 0. The Hall–Kier alpha value is -7.62. The Morgan fingerprint density at radius 2 is 1.70 bits per heavy atom. The molecule has 2 amide bonds. The number of terminal acetylenes is 1. The highest BCUT2D eigenvalue weighted by atomic mass is 19.1. The van der Waals surface area contributed by atoms with Gasteiger partial charge in [-0.3, -0.25) is 19.6 Å². The van der Waals surface area contributed by atoms with E-state index in [-0.39, 0.29) is 86.9 Å². The van der Waals surface area contributed by atoms with Crippen molar-refractivity contribution in [3.05, 3.63) is 130 Å². The number of allylic oxidation sites excluding steroid dienone is 2. The number of hydrogen-bond donors (Lipinski definition) is 3. The highest BCUT2D eigenvalue weighted by Gasteiger charge is 2.41. The number of aliphatic imine (C=N–C) groups is 3. The number of piperazine rings is 1. The van der Waals surface area contributed by atoms with E-state index in [1.54, 1.807) is 35.2 Å². The smallest absolute Gasteiger partial charge is 0.254 e. The van der Waals surface area contributed by atoms with E-state index in [1.165, 1.54) is 48.7 Å². The van der Waals surface area contributed by atoms with Crippen LogP contribution in [-0.4, -0.2) is 126 Å². The number of rotatable bonds is 16. The van der Waals surface area contributed by atoms with Crippen LogP contribution in [0.3, 0.4) is 0 Å². The topological polar surface area (TPSA) is 160 Å². The van der Waals surface area contributed by atoms with Crippen LogP contribution in [0.15, 0.2) is 110 Å². The van der Waals surface area contributed by atoms with Crippen molar-refractivity contribution in [3.63, 3.8) is 0 Å². The molecular weight excluding hydrogens is 1010 g/mol. The number of nitrogens with zero attached hydrogens (tertiary/aromatic N) is 7. The molecule has 10 rings (SSSR count). The Kier molecular flexibility index (Phi) is 15.9. The molecule has 5 aromatic rings. The molecule has 4 saturated heterocycles. The number of phenolic OH excluding ortho intramolecular Hbond substituents is 1. The molecule has 1 aromatic heterocycles. The number of benzene rings is 4. The second-order valence-electron chi connectivity index (χ2n) is 22.1. The van der Waals surface area contributed by atoms with Gasteiger partial charge >= 0.3 is 0 Å². The number of amides is 2. The number of fused-ring (bicyclic) bond motifs is 3. The van der Waals surface area contributed by atoms with Crippen LogP contribution in [0.5, 0.6) is 11.6 Å². The number of carbonyl (C=O) groups excluding carboxylic acids is 2. The molecule has 0 spiro atoms. The van der Waals surface area contributed by atoms with Gasteiger partial charge in [-0.2, -0.15) is 0 Å². The van der Waals surface area contributed by atoms with Gasteiger partial charge in [0.25, 0.3) is 5.88 Å². The van der Waals surface area contributed by atoms with E-state index in [4.69, 9.17) is 20.7 Å². The van der Waals surface area contributed by atoms with Crippen LogP contribution < -0.4 is 15.4 Å². The van der Waals surface area contributed by atoms with Crippen LogP contribution >= 0.6 is 0 Å². The van der Waals surface area contributed by atoms with Crippen LogP contribution in [0.1, 0.15) is 101 Å². The SMILES string of the molecule is C#Cc1c(F)ccc2cc(O)cc(C3=C(F)C(=NCCN4CCC(C)(COc5cc(C(C(=O)N6CCCC6C(=O)NC(C)c6ccc(-c7c(F)cccc7F)cc6)C(C)C)on5)CC4)/C(=C(\N=C)N4CC5CCC(C4)N5)C=N3)c12. The number of likely N-dealkylation sites (tertiary alicyclic amines) is 3. The van der Waals surface area contributed by atoms with Gasteiger partial charge in [-0.25, -0.2) is 22.6 Å². The van der Waals surface area contributed by atoms with Crippen molar-refractivity contribution in [2.45, 2.75) is 96.3 Å². The molecule has 3 N–H and O–H groups in total. The molecule has 14 nitrogen and oxygen atoms in total. The van der Waals surface area contributed by atoms with Gasteiger partial charge in [-0.1, -0.05) is 63.1 Å². The lowest BCUT2D eigenvalue weighted by molar-refractivity contribution is -0.141. The Morgan fingerprint density at radius 3 is 2.38 bits per heavy atom. The van der Waals surface area contributed by atoms with Crippen molar-refractivity contribution in [2.24, 2.45) is 26.3 Å². The summed E-state index contributed by atoms with van der Waals surface area (Å²) < 4.78 is 73.4. The number of piperidine rings is 1. The third kappa shape index (κ3) is 11.3. The number of ether oxygens (including phenoxy) is 1. The first-order valence-electron chi connectivity index (χ1n) is 27.1. The van der Waals surface area contributed by atoms with Crippen molar-refractivity contribution in [3.8, 4) is 35.1 Å². The summed E-state index contributed by atoms with van der Waals surface area (Å²) in [4.78, 5) is 48.0. The van der Waals surface area contributed by atoms with E-state index in [9.17, 15) is 23.5 Å². The fourth-order valence-corrected chi connectivity index (χ4v) is 11.9. The second-order valence-corrected chi connectivity index (χ2v) is 22.1. The Labute approximate surface area is 457 Å². The molecule has 5 aliphatic heterocycles. The summed E-state index contributed by atoms with van der Waals surface area (Å²) in [5.74, 6) is -0.851. The van der Waals surface area contributed by atoms with Gasteiger partial charge in [0.05, 0.1) is 35.9 Å². The van der Waals surface area contributed by atoms with Crippen LogP contribution in [0.2, 0.25) is 0 Å². The third-order valence-corrected chi connectivity index (χ3v) is 16.3. The summed E-state index contributed by atoms with van der Waals surface area (Å²) in [5.41, 5.74) is 1.14. The molecule has 79 heavy (non-hydrogen) atoms. The van der Waals surface area contributed by atoms with Crippen LogP contribution in [0.4, 0.5) is 17.6 Å². The predicted molar refractivity (Wildman–Crippen MR) is 297 cm³/mol. The summed E-state index contributed by atoms with van der Waals surface area (Å²) in [6.45, 7) is 16.0. The fraction of sp³-hybridized carbons (Fsp3) is 0.410. The minimum absolute atomic E-state index is 0.0386. The molecule has 5 atom stereocenters. The molecule has 5 unspecified atom stereocenters. The molecule has 4 fully saturated rings. The lowest BCUT2D eigenvalue weighted by Gasteiger charge is -2.38. The van der Waals surface area contributed by atoms with E-state index in [0.29, 0.717) is 73.7 Å². The van der Waals surface area contributed by atoms with Gasteiger partial charge in [-0.05, 0) is 123 Å². The number of phenols is 1. The molecule has 6 heterocycles. The molecule has 0 saturated carbocycles. The number of aromatic nitrogens is 1. The zero-order chi connectivity index (χ0) is 55.7. The van der Waals surface area contributed by atoms with Crippen molar-refractivity contribution >= 4 is 46.9 Å². The van der Waals surface area contributed by atoms with E-state index < -0.39 is 41.3 Å². The Bertz CT molecular complexity index is 3300. The first-order chi connectivity index (χ1) is 38.0. The first kappa shape index (κ1) is 54.7. The minimum atomic E-state index is -0.752. The van der Waals surface area contributed by atoms with Crippen LogP contribution in [0, 0.1) is 41.1 Å². The maximum absolute atomic E-state index is 17.3. The van der Waals surface area contributed by atoms with Crippen LogP contribution in [0.25, 0.3) is 27.6 Å². The van der Waals surface area contributed by atoms with Gasteiger partial charge in [-0.15, -0.1) is 6.42 Å². The quantitative estimate of drug-likeness (QED) is 0.0497. The summed E-state index contributed by atoms with van der Waals surface area (Å²) in [5, 5.41) is 22.3. The highest BCUT2D eigenvalue weighted by molar-refractivity contribution is 6.29. The van der Waals surface area contributed by atoms with Gasteiger partial charge in [0.1, 0.15) is 52.4 Å². The van der Waals surface area contributed by atoms with Crippen molar-refractivity contribution in [1.29, 1.82) is 0 Å². The summed E-state index contributed by atoms with van der Waals surface area (Å²) in [6, 6.07) is 17.0. The molecule has 0 radical (unpaired) electrons. The normalized spacial score (nSPS) is 22.1. The molecule has 5 aliphatic rings. The molecule has 0 aliphatic carbocycles. The predicted octanol–water partition coefficient (Wildman–Crippen LogP) is 9.90. The third-order valence-electron chi connectivity index (χ3n) is 16.3. The summed E-state index contributed by atoms with van der Waals surface area (Å²) in [6.07, 6.45) is 12.1. The van der Waals surface area contributed by atoms with Gasteiger partial charge in [0.2, 0.25) is 11.8 Å². The average Bonchev–Trinajstić information content (AvgIpc) is 4.24. The van der Waals surface area contributed by atoms with Gasteiger partial charge in [0.15, 0.2) is 11.6 Å². The van der Waals surface area contributed by atoms with Gasteiger partial charge < -0.3 is 39.7 Å². The zero-order valence-corrected chi connectivity index (χ0v) is 44.9. The second kappa shape index (κ2) is 23.0. The van der Waals surface area contributed by atoms with E-state index in [0.717, 1.165) is 44.3 Å². The minimum Gasteiger partial charge on any atom is -0.508 e. The largest absolute Gasteiger partial charge is 0.508 e. The van der Waals surface area contributed by atoms with Gasteiger partial charge in [0, 0.05) is 66.9 Å². The standard InChI is InChI=1S/C61H65F4N9O5/c1-7-43-46(62)20-17-39-28-42(75)29-44(53(39)43)56-55(65)57(45(31-68-56)58(66-6)73-32-40-18-19-41(33-73)70-40)67-23-27-72-25-21-61(5,22-26-72)34-78-51-30-50(79-71-51)52(35(2)3)60(77)74-24-9-12-49(74)59(76)69-36(4)37-13-15-38(16-14-37)54-47(63)10-8-11-48(54)64/h1,8,10-11,13-17,20,28-31,35-36,40-41,49,52,70,75H,6,9,12,18-19,21-27,32-34H2,2-5H3,(H,69,76)/b58-45+,67-57?. The maximum atomic E-state index is 17.3. The number of hydrogen-bond acceptors (Lipinski definition) is 12. The molecular formula is C61H65F4N9O5. The fourth-order valence-electron chi connectivity index (χ4n) is 11.9. The molecule has 412 valence electrons. The molecule has 4 aromatic carbocycles. The van der Waals surface area contributed by atoms with Crippen molar-refractivity contribution < 1.29 is 41.5 Å². The number of carbonyl (C=O) groups is 2. The number of aromatic hydroxyl groups is 1. The van der Waals surface area contributed by atoms with Crippen molar-refractivity contribution in [1.82, 2.24) is 30.5 Å². The average molecular weight is 1080 g/mol. The van der Waals surface area contributed by atoms with E-state index in [2.05, 4.69) is 55.1 Å².